The van der Waals surface area contributed by atoms with Crippen molar-refractivity contribution in [2.24, 2.45) is 0 Å². The summed E-state index contributed by atoms with van der Waals surface area (Å²) in [6.45, 7) is 4.73. The molecular formula is C53H35NO2S. The standard InChI is InChI=1S/C53H35NO2S/c1-53(2)43-14-8-6-12-37(43)38-23-21-36(27-44(38)53)51(35-22-25-50-42(26-35)40-13-7-9-15-49(40)57-50)32-18-16-31(17-19-32)34-20-24-39-41-29-45-48(30-47(41)55-46(39)28-34)56-52(54-45)33-10-4-3-5-11-33/h3-30,51H,1-2H3. The molecule has 0 radical (unpaired) electrons. The molecule has 1 unspecified atom stereocenters. The number of fused-ring (bicyclic) bond motifs is 10. The number of thiophene rings is 1. The molecular weight excluding hydrogens is 715 g/mol. The summed E-state index contributed by atoms with van der Waals surface area (Å²) in [5, 5.41) is 4.74. The van der Waals surface area contributed by atoms with Crippen molar-refractivity contribution in [1.29, 1.82) is 0 Å². The van der Waals surface area contributed by atoms with E-state index < -0.39 is 0 Å². The third-order valence-corrected chi connectivity index (χ3v) is 13.4. The van der Waals surface area contributed by atoms with Gasteiger partial charge in [0.1, 0.15) is 16.7 Å². The maximum Gasteiger partial charge on any atom is 0.227 e. The molecule has 0 saturated carbocycles. The second-order valence-electron chi connectivity index (χ2n) is 15.9. The minimum atomic E-state index is -0.0788. The van der Waals surface area contributed by atoms with Crippen molar-refractivity contribution in [3.63, 3.8) is 0 Å². The van der Waals surface area contributed by atoms with Gasteiger partial charge in [0, 0.05) is 53.9 Å². The fourth-order valence-corrected chi connectivity index (χ4v) is 10.4. The van der Waals surface area contributed by atoms with Crippen LogP contribution in [0.15, 0.2) is 179 Å². The van der Waals surface area contributed by atoms with Crippen LogP contribution in [0.3, 0.4) is 0 Å². The van der Waals surface area contributed by atoms with Crippen LogP contribution in [-0.2, 0) is 5.41 Å². The van der Waals surface area contributed by atoms with E-state index in [1.165, 1.54) is 59.1 Å². The highest BCUT2D eigenvalue weighted by Gasteiger charge is 2.36. The van der Waals surface area contributed by atoms with E-state index in [1.54, 1.807) is 0 Å². The van der Waals surface area contributed by atoms with Crippen LogP contribution >= 0.6 is 11.3 Å². The predicted molar refractivity (Wildman–Crippen MR) is 236 cm³/mol. The zero-order valence-corrected chi connectivity index (χ0v) is 32.2. The topological polar surface area (TPSA) is 39.2 Å². The number of hydrogen-bond donors (Lipinski definition) is 0. The fraction of sp³-hybridized carbons (Fsp3) is 0.0755. The molecule has 57 heavy (non-hydrogen) atoms. The van der Waals surface area contributed by atoms with E-state index in [0.717, 1.165) is 44.1 Å². The Labute approximate surface area is 333 Å². The van der Waals surface area contributed by atoms with Crippen LogP contribution in [0.2, 0.25) is 0 Å². The monoisotopic (exact) mass is 749 g/mol. The maximum absolute atomic E-state index is 6.46. The number of nitrogens with zero attached hydrogens (tertiary/aromatic N) is 1. The average molecular weight is 750 g/mol. The number of benzene rings is 8. The second kappa shape index (κ2) is 12.1. The van der Waals surface area contributed by atoms with E-state index >= 15 is 0 Å². The molecule has 3 aromatic heterocycles. The van der Waals surface area contributed by atoms with Crippen LogP contribution < -0.4 is 0 Å². The molecule has 0 saturated heterocycles. The molecule has 3 heterocycles. The van der Waals surface area contributed by atoms with Crippen molar-refractivity contribution in [1.82, 2.24) is 4.98 Å². The quantitative estimate of drug-likeness (QED) is 0.165. The van der Waals surface area contributed by atoms with E-state index in [2.05, 4.69) is 147 Å². The summed E-state index contributed by atoms with van der Waals surface area (Å²) in [5.74, 6) is 0.667. The van der Waals surface area contributed by atoms with Gasteiger partial charge in [-0.25, -0.2) is 4.98 Å². The molecule has 0 N–H and O–H groups in total. The first-order chi connectivity index (χ1) is 28.0. The Morgan fingerprint density at radius 3 is 2.05 bits per heavy atom. The molecule has 0 fully saturated rings. The zero-order chi connectivity index (χ0) is 37.8. The van der Waals surface area contributed by atoms with E-state index in [9.17, 15) is 0 Å². The second-order valence-corrected chi connectivity index (χ2v) is 17.0. The summed E-state index contributed by atoms with van der Waals surface area (Å²) in [6.07, 6.45) is 0. The van der Waals surface area contributed by atoms with Gasteiger partial charge in [0.05, 0.1) is 0 Å². The molecule has 0 bridgehead atoms. The lowest BCUT2D eigenvalue weighted by Crippen LogP contribution is -2.15. The van der Waals surface area contributed by atoms with Crippen LogP contribution in [0.25, 0.3) is 86.9 Å². The Morgan fingerprint density at radius 1 is 0.456 bits per heavy atom. The third kappa shape index (κ3) is 5.00. The summed E-state index contributed by atoms with van der Waals surface area (Å²) in [5.41, 5.74) is 15.7. The molecule has 8 aromatic carbocycles. The van der Waals surface area contributed by atoms with Crippen molar-refractivity contribution >= 4 is 64.5 Å². The largest absolute Gasteiger partial charge is 0.456 e. The zero-order valence-electron chi connectivity index (χ0n) is 31.4. The highest BCUT2D eigenvalue weighted by atomic mass is 32.1. The van der Waals surface area contributed by atoms with Crippen LogP contribution in [0.4, 0.5) is 0 Å². The van der Waals surface area contributed by atoms with Crippen molar-refractivity contribution in [3.8, 4) is 33.7 Å². The lowest BCUT2D eigenvalue weighted by atomic mass is 9.79. The summed E-state index contributed by atoms with van der Waals surface area (Å²) in [4.78, 5) is 4.80. The Kier molecular flexibility index (Phi) is 6.91. The lowest BCUT2D eigenvalue weighted by molar-refractivity contribution is 0.617. The maximum atomic E-state index is 6.46. The highest BCUT2D eigenvalue weighted by Crippen LogP contribution is 2.50. The number of rotatable bonds is 5. The van der Waals surface area contributed by atoms with Gasteiger partial charge >= 0.3 is 0 Å². The van der Waals surface area contributed by atoms with E-state index in [1.807, 2.05) is 47.7 Å². The van der Waals surface area contributed by atoms with Crippen LogP contribution in [0.1, 0.15) is 47.6 Å². The first-order valence-corrected chi connectivity index (χ1v) is 20.4. The molecule has 0 aliphatic heterocycles. The van der Waals surface area contributed by atoms with Gasteiger partial charge in [-0.1, -0.05) is 129 Å². The summed E-state index contributed by atoms with van der Waals surface area (Å²) in [6, 6.07) is 61.7. The Hall–Kier alpha value is -6.75. The molecule has 1 aliphatic rings. The summed E-state index contributed by atoms with van der Waals surface area (Å²) in [7, 11) is 0. The van der Waals surface area contributed by atoms with Gasteiger partial charge in [-0.2, -0.15) is 0 Å². The highest BCUT2D eigenvalue weighted by molar-refractivity contribution is 7.25. The predicted octanol–water partition coefficient (Wildman–Crippen LogP) is 14.9. The normalized spacial score (nSPS) is 13.9. The van der Waals surface area contributed by atoms with Gasteiger partial charge in [0.2, 0.25) is 5.89 Å². The molecule has 0 spiro atoms. The smallest absolute Gasteiger partial charge is 0.227 e. The number of hydrogen-bond acceptors (Lipinski definition) is 4. The number of oxazole rings is 1. The van der Waals surface area contributed by atoms with Crippen molar-refractivity contribution in [3.05, 3.63) is 198 Å². The van der Waals surface area contributed by atoms with E-state index in [-0.39, 0.29) is 11.3 Å². The first-order valence-electron chi connectivity index (χ1n) is 19.5. The lowest BCUT2D eigenvalue weighted by Gasteiger charge is -2.25. The van der Waals surface area contributed by atoms with Crippen LogP contribution in [-0.4, -0.2) is 4.98 Å². The molecule has 11 aromatic rings. The molecule has 4 heteroatoms. The number of furan rings is 1. The molecule has 270 valence electrons. The Bertz CT molecular complexity index is 3380. The Morgan fingerprint density at radius 2 is 1.16 bits per heavy atom. The van der Waals surface area contributed by atoms with Crippen molar-refractivity contribution < 1.29 is 8.83 Å². The van der Waals surface area contributed by atoms with Gasteiger partial charge in [-0.05, 0) is 98.6 Å². The van der Waals surface area contributed by atoms with Crippen molar-refractivity contribution in [2.45, 2.75) is 25.2 Å². The summed E-state index contributed by atoms with van der Waals surface area (Å²) < 4.78 is 15.3. The molecule has 0 amide bonds. The minimum Gasteiger partial charge on any atom is -0.456 e. The van der Waals surface area contributed by atoms with Crippen LogP contribution in [0, 0.1) is 0 Å². The molecule has 1 aliphatic carbocycles. The number of aromatic nitrogens is 1. The van der Waals surface area contributed by atoms with Gasteiger partial charge in [0.25, 0.3) is 0 Å². The van der Waals surface area contributed by atoms with Crippen LogP contribution in [0.5, 0.6) is 0 Å². The van der Waals surface area contributed by atoms with Gasteiger partial charge in [0.15, 0.2) is 5.58 Å². The first kappa shape index (κ1) is 32.5. The van der Waals surface area contributed by atoms with Gasteiger partial charge < -0.3 is 8.83 Å². The van der Waals surface area contributed by atoms with E-state index in [0.29, 0.717) is 11.5 Å². The molecule has 1 atom stereocenters. The Balaban J connectivity index is 0.944. The molecule has 3 nitrogen and oxygen atoms in total. The SMILES string of the molecule is CC1(C)c2ccccc2-c2ccc(C(c3ccc(-c4ccc5c(c4)oc4cc6oc(-c7ccccc7)nc6cc45)cc3)c3ccc4sc5ccccc5c4c3)cc21. The third-order valence-electron chi connectivity index (χ3n) is 12.3. The summed E-state index contributed by atoms with van der Waals surface area (Å²) >= 11 is 1.87. The average Bonchev–Trinajstić information content (AvgIpc) is 4.00. The van der Waals surface area contributed by atoms with Gasteiger partial charge in [-0.3, -0.25) is 0 Å². The van der Waals surface area contributed by atoms with Crippen molar-refractivity contribution in [2.75, 3.05) is 0 Å². The molecule has 12 rings (SSSR count). The van der Waals surface area contributed by atoms with Gasteiger partial charge in [-0.15, -0.1) is 11.3 Å². The van der Waals surface area contributed by atoms with E-state index in [4.69, 9.17) is 13.8 Å². The fourth-order valence-electron chi connectivity index (χ4n) is 9.35. The minimum absolute atomic E-state index is 0.0546.